The van der Waals surface area contributed by atoms with Crippen molar-refractivity contribution in [1.82, 2.24) is 4.90 Å². The summed E-state index contributed by atoms with van der Waals surface area (Å²) in [6.45, 7) is 7.85. The van der Waals surface area contributed by atoms with Crippen LogP contribution in [0.15, 0.2) is 0 Å². The van der Waals surface area contributed by atoms with Gasteiger partial charge in [-0.05, 0) is 46.6 Å². The van der Waals surface area contributed by atoms with Crippen molar-refractivity contribution in [3.8, 4) is 0 Å². The zero-order chi connectivity index (χ0) is 10.8. The first-order valence-electron chi connectivity index (χ1n) is 5.62. The summed E-state index contributed by atoms with van der Waals surface area (Å²) in [6.07, 6.45) is 3.81. The van der Waals surface area contributed by atoms with Crippen molar-refractivity contribution in [2.75, 3.05) is 13.6 Å². The predicted molar refractivity (Wildman–Crippen MR) is 59.3 cm³/mol. The SMILES string of the molecule is CN(CC1CCC(=O)CC1)C(C)(C)C. The third-order valence-corrected chi connectivity index (χ3v) is 3.34. The molecule has 0 radical (unpaired) electrons. The highest BCUT2D eigenvalue weighted by atomic mass is 16.1. The Bertz CT molecular complexity index is 195. The number of Topliss-reactive ketones (excluding diaryl/α,β-unsaturated/α-hetero) is 1. The minimum absolute atomic E-state index is 0.251. The van der Waals surface area contributed by atoms with Crippen molar-refractivity contribution in [1.29, 1.82) is 0 Å². The molecule has 0 atom stereocenters. The molecule has 1 aliphatic rings. The Hall–Kier alpha value is -0.370. The lowest BCUT2D eigenvalue weighted by Crippen LogP contribution is -2.41. The average molecular weight is 197 g/mol. The minimum atomic E-state index is 0.251. The van der Waals surface area contributed by atoms with Crippen LogP contribution < -0.4 is 0 Å². The maximum Gasteiger partial charge on any atom is 0.132 e. The molecule has 1 fully saturated rings. The van der Waals surface area contributed by atoms with Crippen molar-refractivity contribution in [2.24, 2.45) is 5.92 Å². The molecule has 82 valence electrons. The highest BCUT2D eigenvalue weighted by molar-refractivity contribution is 5.79. The van der Waals surface area contributed by atoms with E-state index in [0.717, 1.165) is 38.1 Å². The molecule has 0 aromatic heterocycles. The lowest BCUT2D eigenvalue weighted by Gasteiger charge is -2.35. The molecule has 1 aliphatic carbocycles. The van der Waals surface area contributed by atoms with Gasteiger partial charge in [0.2, 0.25) is 0 Å². The molecule has 2 nitrogen and oxygen atoms in total. The molecule has 0 bridgehead atoms. The van der Waals surface area contributed by atoms with Crippen molar-refractivity contribution in [3.05, 3.63) is 0 Å². The fourth-order valence-corrected chi connectivity index (χ4v) is 1.84. The van der Waals surface area contributed by atoms with E-state index in [1.165, 1.54) is 0 Å². The largest absolute Gasteiger partial charge is 0.301 e. The highest BCUT2D eigenvalue weighted by Gasteiger charge is 2.24. The summed E-state index contributed by atoms with van der Waals surface area (Å²) in [7, 11) is 2.18. The van der Waals surface area contributed by atoms with Gasteiger partial charge >= 0.3 is 0 Å². The lowest BCUT2D eigenvalue weighted by atomic mass is 9.87. The van der Waals surface area contributed by atoms with Crippen LogP contribution in [-0.2, 0) is 4.79 Å². The van der Waals surface area contributed by atoms with E-state index in [9.17, 15) is 4.79 Å². The van der Waals surface area contributed by atoms with Gasteiger partial charge < -0.3 is 4.90 Å². The van der Waals surface area contributed by atoms with Crippen LogP contribution in [0.3, 0.4) is 0 Å². The highest BCUT2D eigenvalue weighted by Crippen LogP contribution is 2.24. The maximum absolute atomic E-state index is 11.1. The molecule has 0 unspecified atom stereocenters. The van der Waals surface area contributed by atoms with Gasteiger partial charge in [-0.25, -0.2) is 0 Å². The zero-order valence-corrected chi connectivity index (χ0v) is 9.97. The number of carbonyl (C=O) groups excluding carboxylic acids is 1. The summed E-state index contributed by atoms with van der Waals surface area (Å²) in [5, 5.41) is 0. The monoisotopic (exact) mass is 197 g/mol. The van der Waals surface area contributed by atoms with Gasteiger partial charge in [-0.2, -0.15) is 0 Å². The third-order valence-electron chi connectivity index (χ3n) is 3.34. The molecule has 0 aromatic carbocycles. The molecular formula is C12H23NO. The topological polar surface area (TPSA) is 20.3 Å². The van der Waals surface area contributed by atoms with Crippen LogP contribution in [0.4, 0.5) is 0 Å². The number of carbonyl (C=O) groups is 1. The molecule has 14 heavy (non-hydrogen) atoms. The molecule has 0 aromatic rings. The molecule has 2 heteroatoms. The van der Waals surface area contributed by atoms with E-state index < -0.39 is 0 Å². The summed E-state index contributed by atoms with van der Waals surface area (Å²) >= 11 is 0. The van der Waals surface area contributed by atoms with Crippen LogP contribution in [0.1, 0.15) is 46.5 Å². The Morgan fingerprint density at radius 3 is 2.21 bits per heavy atom. The van der Waals surface area contributed by atoms with E-state index in [1.807, 2.05) is 0 Å². The molecule has 0 saturated heterocycles. The summed E-state index contributed by atoms with van der Waals surface area (Å²) in [4.78, 5) is 13.5. The summed E-state index contributed by atoms with van der Waals surface area (Å²) < 4.78 is 0. The first-order chi connectivity index (χ1) is 6.39. The normalized spacial score (nSPS) is 20.5. The number of ketones is 1. The fraction of sp³-hybridized carbons (Fsp3) is 0.917. The number of rotatable bonds is 2. The molecule has 0 heterocycles. The van der Waals surface area contributed by atoms with Crippen molar-refractivity contribution >= 4 is 5.78 Å². The fourth-order valence-electron chi connectivity index (χ4n) is 1.84. The molecule has 0 N–H and O–H groups in total. The number of nitrogens with zero attached hydrogens (tertiary/aromatic N) is 1. The number of hydrogen-bond donors (Lipinski definition) is 0. The third kappa shape index (κ3) is 3.41. The number of hydrogen-bond acceptors (Lipinski definition) is 2. The van der Waals surface area contributed by atoms with Crippen molar-refractivity contribution in [3.63, 3.8) is 0 Å². The van der Waals surface area contributed by atoms with Crippen LogP contribution in [0, 0.1) is 5.92 Å². The van der Waals surface area contributed by atoms with Crippen LogP contribution in [0.2, 0.25) is 0 Å². The van der Waals surface area contributed by atoms with Gasteiger partial charge in [-0.3, -0.25) is 4.79 Å². The van der Waals surface area contributed by atoms with Gasteiger partial charge in [0.15, 0.2) is 0 Å². The lowest BCUT2D eigenvalue weighted by molar-refractivity contribution is -0.121. The molecule has 1 saturated carbocycles. The van der Waals surface area contributed by atoms with E-state index in [1.54, 1.807) is 0 Å². The molecular weight excluding hydrogens is 174 g/mol. The van der Waals surface area contributed by atoms with E-state index in [4.69, 9.17) is 0 Å². The van der Waals surface area contributed by atoms with Gasteiger partial charge in [-0.1, -0.05) is 0 Å². The smallest absolute Gasteiger partial charge is 0.132 e. The standard InChI is InChI=1S/C12H23NO/c1-12(2,3)13(4)9-10-5-7-11(14)8-6-10/h10H,5-9H2,1-4H3. The Balaban J connectivity index is 2.34. The first kappa shape index (κ1) is 11.7. The minimum Gasteiger partial charge on any atom is -0.301 e. The van der Waals surface area contributed by atoms with Gasteiger partial charge in [0.25, 0.3) is 0 Å². The predicted octanol–water partition coefficient (Wildman–Crippen LogP) is 2.48. The van der Waals surface area contributed by atoms with Crippen molar-refractivity contribution in [2.45, 2.75) is 52.0 Å². The van der Waals surface area contributed by atoms with E-state index in [0.29, 0.717) is 5.78 Å². The van der Waals surface area contributed by atoms with Gasteiger partial charge in [0.05, 0.1) is 0 Å². The average Bonchev–Trinajstić information content (AvgIpc) is 2.07. The van der Waals surface area contributed by atoms with E-state index in [2.05, 4.69) is 32.7 Å². The second-order valence-corrected chi connectivity index (χ2v) is 5.53. The Morgan fingerprint density at radius 1 is 1.29 bits per heavy atom. The first-order valence-corrected chi connectivity index (χ1v) is 5.62. The van der Waals surface area contributed by atoms with Crippen LogP contribution in [-0.4, -0.2) is 29.8 Å². The van der Waals surface area contributed by atoms with E-state index >= 15 is 0 Å². The molecule has 0 spiro atoms. The molecule has 0 amide bonds. The van der Waals surface area contributed by atoms with E-state index in [-0.39, 0.29) is 5.54 Å². The molecule has 1 rings (SSSR count). The van der Waals surface area contributed by atoms with Gasteiger partial charge in [0.1, 0.15) is 5.78 Å². The van der Waals surface area contributed by atoms with Crippen LogP contribution in [0.25, 0.3) is 0 Å². The summed E-state index contributed by atoms with van der Waals surface area (Å²) in [6, 6.07) is 0. The van der Waals surface area contributed by atoms with Gasteiger partial charge in [0, 0.05) is 24.9 Å². The second kappa shape index (κ2) is 4.43. The Morgan fingerprint density at radius 2 is 1.79 bits per heavy atom. The molecule has 0 aliphatic heterocycles. The van der Waals surface area contributed by atoms with Crippen LogP contribution >= 0.6 is 0 Å². The van der Waals surface area contributed by atoms with Crippen LogP contribution in [0.5, 0.6) is 0 Å². The zero-order valence-electron chi connectivity index (χ0n) is 9.97. The second-order valence-electron chi connectivity index (χ2n) is 5.53. The maximum atomic E-state index is 11.1. The van der Waals surface area contributed by atoms with Gasteiger partial charge in [-0.15, -0.1) is 0 Å². The summed E-state index contributed by atoms with van der Waals surface area (Å²) in [5.74, 6) is 1.19. The Labute approximate surface area is 87.7 Å². The summed E-state index contributed by atoms with van der Waals surface area (Å²) in [5.41, 5.74) is 0.251. The Kier molecular flexibility index (Phi) is 3.71. The van der Waals surface area contributed by atoms with Crippen molar-refractivity contribution < 1.29 is 4.79 Å². The quantitative estimate of drug-likeness (QED) is 0.678.